The van der Waals surface area contributed by atoms with Crippen LogP contribution in [0.2, 0.25) is 12.5 Å². The monoisotopic (exact) mass is 97.1 g/mol. The summed E-state index contributed by atoms with van der Waals surface area (Å²) in [6, 6.07) is 0. The lowest BCUT2D eigenvalue weighted by atomic mass is 10.6. The Labute approximate surface area is 48.7 Å². The van der Waals surface area contributed by atoms with Crippen LogP contribution in [-0.4, -0.2) is 11.9 Å². The predicted molar refractivity (Wildman–Crippen MR) is 29.5 cm³/mol. The fraction of sp³-hybridized carbons (Fsp3) is 1.00. The first-order chi connectivity index (χ1) is 5.75. The zero-order valence-electron chi connectivity index (χ0n) is 12.0. The SMILES string of the molecule is [2H]C([2H])([2H])C([2H])([2H])C([2H])([2H])[Si]([2H])([2H])C. The molecule has 0 amide bonds. The van der Waals surface area contributed by atoms with Crippen molar-refractivity contribution in [2.24, 2.45) is 0 Å². The molecule has 0 fully saturated rings. The third-order valence-corrected chi connectivity index (χ3v) is 0.562. The van der Waals surface area contributed by atoms with Crippen molar-refractivity contribution in [1.29, 1.82) is 2.47 Å². The molecule has 0 aliphatic carbocycles. The minimum absolute atomic E-state index is 0.955. The molecular weight excluding hydrogens is 76.1 g/mol. The van der Waals surface area contributed by atoms with E-state index in [0.29, 0.717) is 0 Å². The van der Waals surface area contributed by atoms with Crippen LogP contribution in [0.15, 0.2) is 0 Å². The molecule has 0 nitrogen and oxygen atoms in total. The minimum Gasteiger partial charge on any atom is -0.0748 e. The average Bonchev–Trinajstić information content (AvgIpc) is 1.81. The van der Waals surface area contributed by atoms with E-state index in [2.05, 4.69) is 0 Å². The summed E-state index contributed by atoms with van der Waals surface area (Å²) >= 11 is 0. The van der Waals surface area contributed by atoms with Crippen LogP contribution >= 0.6 is 0 Å². The lowest BCUT2D eigenvalue weighted by Gasteiger charge is -1.78. The summed E-state index contributed by atoms with van der Waals surface area (Å²) in [7, 11) is -4.03. The summed E-state index contributed by atoms with van der Waals surface area (Å²) < 4.78 is 63.8. The normalized spacial score (nSPS) is 46.2. The van der Waals surface area contributed by atoms with Crippen LogP contribution in [0.25, 0.3) is 0 Å². The highest BCUT2D eigenvalue weighted by Crippen LogP contribution is 1.81. The Morgan fingerprint density at radius 2 is 3.20 bits per heavy atom. The van der Waals surface area contributed by atoms with Gasteiger partial charge in [-0.3, -0.25) is 0 Å². The van der Waals surface area contributed by atoms with Crippen molar-refractivity contribution in [2.45, 2.75) is 25.8 Å². The van der Waals surface area contributed by atoms with E-state index in [1.165, 1.54) is 0 Å². The molecule has 0 aromatic carbocycles. The summed E-state index contributed by atoms with van der Waals surface area (Å²) in [6.45, 7) is -2.20. The first-order valence-electron chi connectivity index (χ1n) is 5.75. The zero-order chi connectivity index (χ0) is 12.0. The van der Waals surface area contributed by atoms with Crippen LogP contribution in [0.1, 0.15) is 22.8 Å². The molecule has 5 heavy (non-hydrogen) atoms. The van der Waals surface area contributed by atoms with E-state index >= 15 is 0 Å². The molecule has 32 valence electrons. The standard InChI is InChI=1S/C4H12Si/c1-3-4-5-2/h3-5H2,1-2H3/i1D3,3D2,4D2,5D2. The third kappa shape index (κ3) is 4.22. The molecule has 0 saturated carbocycles. The van der Waals surface area contributed by atoms with Crippen LogP contribution in [0.4, 0.5) is 0 Å². The first-order valence-corrected chi connectivity index (χ1v) is 2.75. The second-order valence-electron chi connectivity index (χ2n) is 0.500. The van der Waals surface area contributed by atoms with Crippen molar-refractivity contribution < 1.29 is 9.60 Å². The van der Waals surface area contributed by atoms with Crippen LogP contribution in [0.3, 0.4) is 0 Å². The molecule has 0 spiro atoms. The van der Waals surface area contributed by atoms with Crippen molar-refractivity contribution in [1.82, 2.24) is 0 Å². The largest absolute Gasteiger partial charge is 0.0748 e. The minimum atomic E-state index is -4.03. The Hall–Kier alpha value is 0.217. The van der Waals surface area contributed by atoms with Gasteiger partial charge in [0.05, 0.1) is 0 Å². The molecule has 0 aliphatic rings. The van der Waals surface area contributed by atoms with E-state index in [1.807, 2.05) is 0 Å². The number of rotatable bonds is 2. The Kier molecular flexibility index (Phi) is 0.448. The molecule has 0 saturated heterocycles. The van der Waals surface area contributed by atoms with Crippen molar-refractivity contribution in [3.8, 4) is 0 Å². The van der Waals surface area contributed by atoms with Gasteiger partial charge in [-0.1, -0.05) is 25.8 Å². The van der Waals surface area contributed by atoms with Crippen LogP contribution in [0.5, 0.6) is 0 Å². The molecule has 1 heteroatoms. The lowest BCUT2D eigenvalue weighted by Crippen LogP contribution is -1.73. The van der Waals surface area contributed by atoms with E-state index in [4.69, 9.17) is 12.1 Å². The third-order valence-electron chi connectivity index (χ3n) is 0.188. The van der Waals surface area contributed by atoms with Gasteiger partial charge in [-0.05, 0) is 0 Å². The Morgan fingerprint density at radius 1 is 2.40 bits per heavy atom. The summed E-state index contributed by atoms with van der Waals surface area (Å²) in [5.74, 6) is -2.94. The molecule has 0 aromatic heterocycles. The second kappa shape index (κ2) is 4.22. The van der Waals surface area contributed by atoms with Gasteiger partial charge in [0.2, 0.25) is 0 Å². The molecule has 0 rings (SSSR count). The lowest BCUT2D eigenvalue weighted by molar-refractivity contribution is 1.07. The molecule has 0 atom stereocenters. The quantitative estimate of drug-likeness (QED) is 0.452. The van der Waals surface area contributed by atoms with Crippen LogP contribution < -0.4 is 0 Å². The maximum Gasteiger partial charge on any atom is 0.0261 e. The van der Waals surface area contributed by atoms with Crippen molar-refractivity contribution >= 4 is 9.38 Å². The van der Waals surface area contributed by atoms with Crippen LogP contribution in [0, 0.1) is 0 Å². The van der Waals surface area contributed by atoms with E-state index in [-0.39, 0.29) is 0 Å². The van der Waals surface area contributed by atoms with Gasteiger partial charge < -0.3 is 0 Å². The van der Waals surface area contributed by atoms with Gasteiger partial charge in [0.15, 0.2) is 0 Å². The van der Waals surface area contributed by atoms with Gasteiger partial charge in [0.1, 0.15) is 0 Å². The smallest absolute Gasteiger partial charge is 0.0261 e. The summed E-state index contributed by atoms with van der Waals surface area (Å²) in [4.78, 5) is 0. The first kappa shape index (κ1) is 0.531. The van der Waals surface area contributed by atoms with Crippen molar-refractivity contribution in [2.75, 3.05) is 0 Å². The summed E-state index contributed by atoms with van der Waals surface area (Å²) in [5, 5.41) is 0. The van der Waals surface area contributed by atoms with Crippen LogP contribution in [-0.2, 0) is 0 Å². The second-order valence-corrected chi connectivity index (χ2v) is 1.25. The van der Waals surface area contributed by atoms with E-state index < -0.39 is 28.6 Å². The number of hydrogen-bond acceptors (Lipinski definition) is 0. The fourth-order valence-corrected chi connectivity index (χ4v) is 0.188. The van der Waals surface area contributed by atoms with Gasteiger partial charge >= 0.3 is 0 Å². The van der Waals surface area contributed by atoms with Gasteiger partial charge in [-0.25, -0.2) is 0 Å². The summed E-state index contributed by atoms with van der Waals surface area (Å²) in [5.41, 5.74) is 0. The van der Waals surface area contributed by atoms with Gasteiger partial charge in [-0.15, -0.1) is 0 Å². The van der Waals surface area contributed by atoms with Gasteiger partial charge in [-0.2, -0.15) is 0 Å². The molecule has 0 unspecified atom stereocenters. The molecule has 0 radical (unpaired) electrons. The predicted octanol–water partition coefficient (Wildman–Crippen LogP) is 1.03. The molecule has 0 aliphatic heterocycles. The molecule has 0 aromatic rings. The van der Waals surface area contributed by atoms with Gasteiger partial charge in [0, 0.05) is 21.4 Å². The Morgan fingerprint density at radius 3 is 3.40 bits per heavy atom. The molecular formula is C4H12Si. The van der Waals surface area contributed by atoms with Crippen molar-refractivity contribution in [3.63, 3.8) is 0 Å². The topological polar surface area (TPSA) is 0 Å². The molecule has 0 heterocycles. The van der Waals surface area contributed by atoms with Gasteiger partial charge in [0.25, 0.3) is 0 Å². The maximum atomic E-state index is 7.25. The highest BCUT2D eigenvalue weighted by molar-refractivity contribution is 6.33. The van der Waals surface area contributed by atoms with E-state index in [0.717, 1.165) is 6.55 Å². The number of hydrogen-bond donors (Lipinski definition) is 0. The van der Waals surface area contributed by atoms with E-state index in [9.17, 15) is 0 Å². The zero-order valence-corrected chi connectivity index (χ0v) is 4.00. The molecule has 0 N–H and O–H groups in total. The van der Waals surface area contributed by atoms with E-state index in [1.54, 1.807) is 0 Å². The maximum absolute atomic E-state index is 7.25. The summed E-state index contributed by atoms with van der Waals surface area (Å²) in [6.07, 6.45) is -3.16. The fourth-order valence-electron chi connectivity index (χ4n) is 0.0625. The average molecular weight is 97.3 g/mol. The highest BCUT2D eigenvalue weighted by Gasteiger charge is 1.69. The van der Waals surface area contributed by atoms with Crippen molar-refractivity contribution in [3.05, 3.63) is 0 Å². The highest BCUT2D eigenvalue weighted by atomic mass is 28.2. The molecule has 0 bridgehead atoms. The Balaban J connectivity index is 5.30. The Bertz CT molecular complexity index is 186.